The SMILES string of the molecule is N#CC(C#N)=C1N=C(c2ccc(Cl)cc2)CC12C=C(c1ccc(Cl)cc1)NC2=O. The Morgan fingerprint density at radius 2 is 1.52 bits per heavy atom. The van der Waals surface area contributed by atoms with Gasteiger partial charge in [0.15, 0.2) is 5.57 Å². The van der Waals surface area contributed by atoms with Crippen molar-refractivity contribution >= 4 is 40.5 Å². The van der Waals surface area contributed by atoms with Gasteiger partial charge in [0, 0.05) is 27.9 Å². The van der Waals surface area contributed by atoms with E-state index in [2.05, 4.69) is 10.3 Å². The van der Waals surface area contributed by atoms with Gasteiger partial charge in [0.05, 0.1) is 5.70 Å². The van der Waals surface area contributed by atoms with Crippen molar-refractivity contribution in [2.45, 2.75) is 6.42 Å². The van der Waals surface area contributed by atoms with Crippen molar-refractivity contribution in [2.75, 3.05) is 0 Å². The van der Waals surface area contributed by atoms with E-state index in [1.807, 2.05) is 12.1 Å². The fourth-order valence-corrected chi connectivity index (χ4v) is 3.77. The second-order valence-electron chi connectivity index (χ2n) is 6.68. The van der Waals surface area contributed by atoms with Crippen molar-refractivity contribution in [1.29, 1.82) is 10.5 Å². The quantitative estimate of drug-likeness (QED) is 0.719. The smallest absolute Gasteiger partial charge is 0.241 e. The van der Waals surface area contributed by atoms with Crippen LogP contribution in [0, 0.1) is 28.1 Å². The fraction of sp³-hybridized carbons (Fsp3) is 0.0909. The van der Waals surface area contributed by atoms with Crippen LogP contribution < -0.4 is 5.32 Å². The first kappa shape index (κ1) is 19.0. The molecule has 2 aliphatic rings. The van der Waals surface area contributed by atoms with E-state index in [1.54, 1.807) is 54.6 Å². The largest absolute Gasteiger partial charge is 0.325 e. The number of allylic oxidation sites excluding steroid dienone is 1. The molecule has 1 N–H and O–H groups in total. The van der Waals surface area contributed by atoms with Crippen LogP contribution in [0.15, 0.2) is 70.9 Å². The Hall–Kier alpha value is -3.38. The second-order valence-corrected chi connectivity index (χ2v) is 7.55. The lowest BCUT2D eigenvalue weighted by Crippen LogP contribution is -2.33. The number of hydrogen-bond acceptors (Lipinski definition) is 4. The molecule has 2 aliphatic heterocycles. The van der Waals surface area contributed by atoms with Gasteiger partial charge < -0.3 is 5.32 Å². The van der Waals surface area contributed by atoms with E-state index in [1.165, 1.54) is 0 Å². The highest BCUT2D eigenvalue weighted by Gasteiger charge is 2.51. The number of amides is 1. The van der Waals surface area contributed by atoms with E-state index in [4.69, 9.17) is 23.2 Å². The highest BCUT2D eigenvalue weighted by molar-refractivity contribution is 6.31. The van der Waals surface area contributed by atoms with Crippen LogP contribution in [0.3, 0.4) is 0 Å². The van der Waals surface area contributed by atoms with Gasteiger partial charge in [-0.1, -0.05) is 47.5 Å². The number of carbonyl (C=O) groups is 1. The number of carbonyl (C=O) groups excluding carboxylic acids is 1. The molecule has 0 aliphatic carbocycles. The van der Waals surface area contributed by atoms with Gasteiger partial charge in [0.1, 0.15) is 17.6 Å². The predicted octanol–water partition coefficient (Wildman–Crippen LogP) is 4.64. The number of hydrogen-bond donors (Lipinski definition) is 1. The summed E-state index contributed by atoms with van der Waals surface area (Å²) in [5.41, 5.74) is 1.52. The van der Waals surface area contributed by atoms with E-state index in [9.17, 15) is 15.3 Å². The van der Waals surface area contributed by atoms with Crippen molar-refractivity contribution in [3.05, 3.63) is 87.0 Å². The van der Waals surface area contributed by atoms with Crippen LogP contribution >= 0.6 is 23.2 Å². The van der Waals surface area contributed by atoms with Crippen molar-refractivity contribution in [3.63, 3.8) is 0 Å². The molecule has 7 heteroatoms. The Balaban J connectivity index is 1.85. The van der Waals surface area contributed by atoms with Crippen LogP contribution in [0.1, 0.15) is 17.5 Å². The zero-order chi connectivity index (χ0) is 20.6. The zero-order valence-corrected chi connectivity index (χ0v) is 16.4. The Morgan fingerprint density at radius 1 is 0.966 bits per heavy atom. The summed E-state index contributed by atoms with van der Waals surface area (Å²) in [6.07, 6.45) is 1.98. The van der Waals surface area contributed by atoms with Crippen molar-refractivity contribution < 1.29 is 4.79 Å². The summed E-state index contributed by atoms with van der Waals surface area (Å²) in [6, 6.07) is 17.8. The molecule has 140 valence electrons. The first-order valence-corrected chi connectivity index (χ1v) is 9.41. The van der Waals surface area contributed by atoms with Crippen molar-refractivity contribution in [3.8, 4) is 12.1 Å². The highest BCUT2D eigenvalue weighted by Crippen LogP contribution is 2.47. The monoisotopic (exact) mass is 418 g/mol. The number of nitrogens with zero attached hydrogens (tertiary/aromatic N) is 3. The van der Waals surface area contributed by atoms with Crippen LogP contribution in [-0.2, 0) is 4.79 Å². The van der Waals surface area contributed by atoms with Crippen molar-refractivity contribution in [2.24, 2.45) is 10.4 Å². The van der Waals surface area contributed by atoms with Crippen LogP contribution in [0.4, 0.5) is 0 Å². The van der Waals surface area contributed by atoms with E-state index >= 15 is 0 Å². The van der Waals surface area contributed by atoms with E-state index in [0.717, 1.165) is 11.1 Å². The second kappa shape index (κ2) is 7.22. The lowest BCUT2D eigenvalue weighted by Gasteiger charge is -2.18. The average Bonchev–Trinajstić information content (AvgIpc) is 3.26. The molecule has 29 heavy (non-hydrogen) atoms. The number of halogens is 2. The molecule has 0 aromatic heterocycles. The Kier molecular flexibility index (Phi) is 4.72. The van der Waals surface area contributed by atoms with E-state index < -0.39 is 5.41 Å². The molecule has 0 saturated heterocycles. The first-order valence-electron chi connectivity index (χ1n) is 8.65. The first-order chi connectivity index (χ1) is 14.0. The summed E-state index contributed by atoms with van der Waals surface area (Å²) in [5, 5.41) is 22.9. The Labute approximate surface area is 177 Å². The normalized spacial score (nSPS) is 20.0. The minimum atomic E-state index is -1.22. The number of nitrogens with one attached hydrogen (secondary N) is 1. The predicted molar refractivity (Wildman–Crippen MR) is 111 cm³/mol. The third kappa shape index (κ3) is 3.21. The maximum absolute atomic E-state index is 13.1. The van der Waals surface area contributed by atoms with Crippen LogP contribution in [0.2, 0.25) is 10.0 Å². The van der Waals surface area contributed by atoms with Gasteiger partial charge >= 0.3 is 0 Å². The molecular weight excluding hydrogens is 407 g/mol. The molecule has 1 spiro atoms. The van der Waals surface area contributed by atoms with Crippen LogP contribution in [0.5, 0.6) is 0 Å². The minimum Gasteiger partial charge on any atom is -0.325 e. The molecular formula is C22H12Cl2N4O. The van der Waals surface area contributed by atoms with Gasteiger partial charge in [-0.05, 0) is 41.5 Å². The molecule has 1 amide bonds. The molecule has 1 atom stereocenters. The van der Waals surface area contributed by atoms with Crippen LogP contribution in [0.25, 0.3) is 5.70 Å². The maximum atomic E-state index is 13.1. The van der Waals surface area contributed by atoms with Gasteiger partial charge in [-0.3, -0.25) is 9.79 Å². The number of benzene rings is 2. The molecule has 2 aromatic rings. The van der Waals surface area contributed by atoms with Gasteiger partial charge in [0.2, 0.25) is 5.91 Å². The highest BCUT2D eigenvalue weighted by atomic mass is 35.5. The summed E-state index contributed by atoms with van der Waals surface area (Å²) in [4.78, 5) is 17.6. The minimum absolute atomic E-state index is 0.161. The maximum Gasteiger partial charge on any atom is 0.241 e. The summed E-state index contributed by atoms with van der Waals surface area (Å²) in [5.74, 6) is -0.326. The topological polar surface area (TPSA) is 89.0 Å². The molecule has 0 fully saturated rings. The third-order valence-electron chi connectivity index (χ3n) is 4.95. The molecule has 2 heterocycles. The summed E-state index contributed by atoms with van der Waals surface area (Å²) in [6.45, 7) is 0. The summed E-state index contributed by atoms with van der Waals surface area (Å²) < 4.78 is 0. The molecule has 0 bridgehead atoms. The molecule has 0 radical (unpaired) electrons. The fourth-order valence-electron chi connectivity index (χ4n) is 3.51. The molecule has 0 saturated carbocycles. The average molecular weight is 419 g/mol. The van der Waals surface area contributed by atoms with Crippen LogP contribution in [-0.4, -0.2) is 11.6 Å². The third-order valence-corrected chi connectivity index (χ3v) is 5.46. The van der Waals surface area contributed by atoms with Gasteiger partial charge in [-0.15, -0.1) is 0 Å². The summed E-state index contributed by atoms with van der Waals surface area (Å²) in [7, 11) is 0. The zero-order valence-electron chi connectivity index (χ0n) is 14.9. The number of aliphatic imine (C=N–C) groups is 1. The van der Waals surface area contributed by atoms with Gasteiger partial charge in [0.25, 0.3) is 0 Å². The lowest BCUT2D eigenvalue weighted by molar-refractivity contribution is -0.124. The molecule has 1 unspecified atom stereocenters. The van der Waals surface area contributed by atoms with E-state index in [0.29, 0.717) is 21.5 Å². The molecule has 5 nitrogen and oxygen atoms in total. The van der Waals surface area contributed by atoms with Crippen molar-refractivity contribution in [1.82, 2.24) is 5.32 Å². The number of nitriles is 2. The van der Waals surface area contributed by atoms with Gasteiger partial charge in [-0.2, -0.15) is 10.5 Å². The van der Waals surface area contributed by atoms with Gasteiger partial charge in [-0.25, -0.2) is 0 Å². The molecule has 2 aromatic carbocycles. The molecule has 4 rings (SSSR count). The standard InChI is InChI=1S/C22H12Cl2N4O/c23-16-5-1-13(2-6-16)18-9-22(20(27-18)15(11-25)12-26)10-19(28-21(22)29)14-3-7-17(24)8-4-14/h1-8,10H,9H2,(H,28,29). The Bertz CT molecular complexity index is 1180. The Morgan fingerprint density at radius 3 is 2.07 bits per heavy atom. The summed E-state index contributed by atoms with van der Waals surface area (Å²) >= 11 is 11.9. The number of rotatable bonds is 2. The lowest BCUT2D eigenvalue weighted by atomic mass is 9.79. The van der Waals surface area contributed by atoms with E-state index in [-0.39, 0.29) is 23.6 Å².